The first-order chi connectivity index (χ1) is 5.22. The van der Waals surface area contributed by atoms with E-state index in [1.165, 1.54) is 12.8 Å². The minimum Gasteiger partial charge on any atom is -0.233 e. The highest BCUT2D eigenvalue weighted by Gasteiger charge is 1.91. The monoisotopic (exact) mass is 152 g/mol. The van der Waals surface area contributed by atoms with Crippen LogP contribution in [0.4, 0.5) is 0 Å². The second kappa shape index (κ2) is 5.94. The summed E-state index contributed by atoms with van der Waals surface area (Å²) in [6, 6.07) is 0. The Hall–Kier alpha value is -0.810. The minimum atomic E-state index is 0.723. The first-order valence-corrected chi connectivity index (χ1v) is 4.11. The summed E-state index contributed by atoms with van der Waals surface area (Å²) < 4.78 is 0. The molecular formula is C10H16O. The Bertz CT molecular complexity index is 183. The lowest BCUT2D eigenvalue weighted by Crippen LogP contribution is -1.80. The Morgan fingerprint density at radius 3 is 2.55 bits per heavy atom. The Labute approximate surface area is 68.8 Å². The fraction of sp³-hybridized carbons (Fsp3) is 0.600. The quantitative estimate of drug-likeness (QED) is 0.344. The summed E-state index contributed by atoms with van der Waals surface area (Å²) in [5.41, 5.74) is 1.79. The van der Waals surface area contributed by atoms with Crippen LogP contribution in [0.2, 0.25) is 0 Å². The Morgan fingerprint density at radius 2 is 2.09 bits per heavy atom. The molecular weight excluding hydrogens is 136 g/mol. The van der Waals surface area contributed by atoms with E-state index in [0.717, 1.165) is 17.6 Å². The summed E-state index contributed by atoms with van der Waals surface area (Å²) in [7, 11) is 0. The van der Waals surface area contributed by atoms with Crippen LogP contribution in [0.3, 0.4) is 0 Å². The Kier molecular flexibility index (Phi) is 5.50. The molecule has 0 spiro atoms. The molecule has 0 saturated heterocycles. The van der Waals surface area contributed by atoms with E-state index >= 15 is 0 Å². The average molecular weight is 152 g/mol. The molecule has 0 heterocycles. The largest absolute Gasteiger partial charge is 0.233 e. The van der Waals surface area contributed by atoms with Gasteiger partial charge in [0.2, 0.25) is 0 Å². The lowest BCUT2D eigenvalue weighted by atomic mass is 10.1. The zero-order valence-corrected chi connectivity index (χ0v) is 7.61. The third-order valence-corrected chi connectivity index (χ3v) is 1.75. The van der Waals surface area contributed by atoms with Crippen LogP contribution in [0.25, 0.3) is 0 Å². The molecule has 0 aromatic heterocycles. The van der Waals surface area contributed by atoms with Gasteiger partial charge in [-0.05, 0) is 25.8 Å². The van der Waals surface area contributed by atoms with Crippen molar-refractivity contribution in [2.75, 3.05) is 0 Å². The van der Waals surface area contributed by atoms with Gasteiger partial charge < -0.3 is 0 Å². The van der Waals surface area contributed by atoms with Crippen molar-refractivity contribution < 1.29 is 4.79 Å². The Morgan fingerprint density at radius 1 is 1.45 bits per heavy atom. The van der Waals surface area contributed by atoms with Crippen LogP contribution in [0, 0.1) is 0 Å². The van der Waals surface area contributed by atoms with Crippen molar-refractivity contribution in [3.63, 3.8) is 0 Å². The number of unbranched alkanes of at least 4 members (excludes halogenated alkanes) is 2. The fourth-order valence-electron chi connectivity index (χ4n) is 0.756. The molecule has 0 aliphatic carbocycles. The van der Waals surface area contributed by atoms with E-state index in [1.807, 2.05) is 12.9 Å². The van der Waals surface area contributed by atoms with Crippen molar-refractivity contribution in [3.05, 3.63) is 17.2 Å². The van der Waals surface area contributed by atoms with Gasteiger partial charge in [-0.25, -0.2) is 4.79 Å². The molecule has 0 rings (SSSR count). The van der Waals surface area contributed by atoms with Gasteiger partial charge in [0, 0.05) is 5.57 Å². The van der Waals surface area contributed by atoms with E-state index in [4.69, 9.17) is 0 Å². The van der Waals surface area contributed by atoms with Gasteiger partial charge >= 0.3 is 0 Å². The van der Waals surface area contributed by atoms with Crippen molar-refractivity contribution in [2.24, 2.45) is 0 Å². The topological polar surface area (TPSA) is 17.1 Å². The van der Waals surface area contributed by atoms with Crippen LogP contribution in [0.1, 0.15) is 40.0 Å². The van der Waals surface area contributed by atoms with Gasteiger partial charge in [0.05, 0.1) is 0 Å². The lowest BCUT2D eigenvalue weighted by molar-refractivity contribution is 0.567. The van der Waals surface area contributed by atoms with Crippen molar-refractivity contribution in [1.29, 1.82) is 0 Å². The normalized spacial score (nSPS) is 11.0. The molecule has 0 N–H and O–H groups in total. The molecule has 0 aliphatic rings. The maximum atomic E-state index is 10.2. The van der Waals surface area contributed by atoms with Crippen LogP contribution in [-0.4, -0.2) is 5.94 Å². The predicted octanol–water partition coefficient (Wildman–Crippen LogP) is 2.90. The summed E-state index contributed by atoms with van der Waals surface area (Å²) in [6.07, 6.45) is 5.57. The van der Waals surface area contributed by atoms with E-state index < -0.39 is 0 Å². The molecule has 1 nitrogen and oxygen atoms in total. The molecule has 0 fully saturated rings. The first kappa shape index (κ1) is 10.2. The van der Waals surface area contributed by atoms with Crippen molar-refractivity contribution in [3.8, 4) is 0 Å². The summed E-state index contributed by atoms with van der Waals surface area (Å²) in [6.45, 7) is 5.91. The molecule has 0 unspecified atom stereocenters. The van der Waals surface area contributed by atoms with E-state index in [0.29, 0.717) is 0 Å². The highest BCUT2D eigenvalue weighted by molar-refractivity contribution is 5.58. The highest BCUT2D eigenvalue weighted by atomic mass is 16.1. The summed E-state index contributed by atoms with van der Waals surface area (Å²) in [4.78, 5) is 10.2. The van der Waals surface area contributed by atoms with Crippen LogP contribution in [-0.2, 0) is 4.79 Å². The van der Waals surface area contributed by atoms with Crippen molar-refractivity contribution in [1.82, 2.24) is 0 Å². The average Bonchev–Trinajstić information content (AvgIpc) is 2.03. The van der Waals surface area contributed by atoms with Gasteiger partial charge in [0.15, 0.2) is 0 Å². The summed E-state index contributed by atoms with van der Waals surface area (Å²) >= 11 is 0. The maximum absolute atomic E-state index is 10.2. The van der Waals surface area contributed by atoms with Crippen LogP contribution >= 0.6 is 0 Å². The molecule has 0 atom stereocenters. The standard InChI is InChI=1S/C10H16O/c1-4-5-6-7-9(2)10(3)8-11/h7H,4-6H2,1-3H3. The third kappa shape index (κ3) is 4.58. The Balaban J connectivity index is 3.91. The fourth-order valence-corrected chi connectivity index (χ4v) is 0.756. The van der Waals surface area contributed by atoms with E-state index in [9.17, 15) is 4.79 Å². The zero-order chi connectivity index (χ0) is 8.69. The van der Waals surface area contributed by atoms with Gasteiger partial charge in [-0.15, -0.1) is 0 Å². The highest BCUT2D eigenvalue weighted by Crippen LogP contribution is 2.07. The molecule has 0 aromatic rings. The van der Waals surface area contributed by atoms with E-state index in [1.54, 1.807) is 6.92 Å². The SMILES string of the molecule is CCCCC=C(C)C(C)=C=O. The lowest BCUT2D eigenvalue weighted by Gasteiger charge is -1.95. The number of allylic oxidation sites excluding steroid dienone is 3. The summed E-state index contributed by atoms with van der Waals surface area (Å²) in [5, 5.41) is 0. The van der Waals surface area contributed by atoms with E-state index in [-0.39, 0.29) is 0 Å². The zero-order valence-electron chi connectivity index (χ0n) is 7.61. The van der Waals surface area contributed by atoms with Crippen LogP contribution in [0.15, 0.2) is 17.2 Å². The second-order valence-electron chi connectivity index (χ2n) is 2.76. The molecule has 0 radical (unpaired) electrons. The molecule has 0 bridgehead atoms. The molecule has 0 aromatic carbocycles. The number of carbonyl (C=O) groups excluding carboxylic acids is 1. The predicted molar refractivity (Wildman–Crippen MR) is 48.2 cm³/mol. The smallest absolute Gasteiger partial charge is 0.127 e. The van der Waals surface area contributed by atoms with Crippen LogP contribution < -0.4 is 0 Å². The number of rotatable bonds is 4. The van der Waals surface area contributed by atoms with Gasteiger partial charge in [-0.3, -0.25) is 0 Å². The third-order valence-electron chi connectivity index (χ3n) is 1.75. The molecule has 1 heteroatoms. The molecule has 0 aliphatic heterocycles. The molecule has 11 heavy (non-hydrogen) atoms. The molecule has 0 saturated carbocycles. The van der Waals surface area contributed by atoms with Gasteiger partial charge in [-0.2, -0.15) is 0 Å². The number of hydrogen-bond donors (Lipinski definition) is 0. The van der Waals surface area contributed by atoms with Crippen molar-refractivity contribution >= 4 is 5.94 Å². The first-order valence-electron chi connectivity index (χ1n) is 4.11. The van der Waals surface area contributed by atoms with Crippen molar-refractivity contribution in [2.45, 2.75) is 40.0 Å². The van der Waals surface area contributed by atoms with Gasteiger partial charge in [0.25, 0.3) is 0 Å². The molecule has 0 amide bonds. The minimum absolute atomic E-state index is 0.723. The second-order valence-corrected chi connectivity index (χ2v) is 2.76. The number of hydrogen-bond acceptors (Lipinski definition) is 1. The van der Waals surface area contributed by atoms with Gasteiger partial charge in [-0.1, -0.05) is 25.8 Å². The summed E-state index contributed by atoms with van der Waals surface area (Å²) in [5.74, 6) is 1.89. The van der Waals surface area contributed by atoms with Crippen LogP contribution in [0.5, 0.6) is 0 Å². The maximum Gasteiger partial charge on any atom is 0.127 e. The van der Waals surface area contributed by atoms with Gasteiger partial charge in [0.1, 0.15) is 5.94 Å². The van der Waals surface area contributed by atoms with E-state index in [2.05, 4.69) is 13.0 Å². The molecule has 62 valence electrons.